The summed E-state index contributed by atoms with van der Waals surface area (Å²) in [6, 6.07) is 11.4. The molecule has 2 heterocycles. The first-order valence-electron chi connectivity index (χ1n) is 6.59. The largest absolute Gasteiger partial charge is 0.459 e. The van der Waals surface area contributed by atoms with Crippen molar-refractivity contribution in [2.45, 2.75) is 13.0 Å². The minimum atomic E-state index is -0.241. The van der Waals surface area contributed by atoms with Gasteiger partial charge in [0.15, 0.2) is 0 Å². The molecule has 0 atom stereocenters. The van der Waals surface area contributed by atoms with Gasteiger partial charge in [-0.05, 0) is 17.5 Å². The number of nitrogens with zero attached hydrogens (tertiary/aromatic N) is 1. The maximum absolute atomic E-state index is 11.8. The van der Waals surface area contributed by atoms with E-state index in [0.717, 1.165) is 21.1 Å². The van der Waals surface area contributed by atoms with Crippen LogP contribution in [0.1, 0.15) is 10.6 Å². The Labute approximate surface area is 141 Å². The third-order valence-electron chi connectivity index (χ3n) is 2.94. The number of carbonyl (C=O) groups is 1. The fraction of sp³-hybridized carbons (Fsp3) is 0.125. The van der Waals surface area contributed by atoms with Crippen molar-refractivity contribution in [1.29, 1.82) is 0 Å². The Morgan fingerprint density at radius 2 is 2.05 bits per heavy atom. The van der Waals surface area contributed by atoms with E-state index >= 15 is 0 Å². The van der Waals surface area contributed by atoms with Crippen LogP contribution in [0.4, 0.5) is 0 Å². The van der Waals surface area contributed by atoms with Crippen LogP contribution < -0.4 is 0 Å². The summed E-state index contributed by atoms with van der Waals surface area (Å²) in [7, 11) is 0. The number of thiazole rings is 1. The molecule has 0 aliphatic carbocycles. The van der Waals surface area contributed by atoms with Gasteiger partial charge in [0.25, 0.3) is 0 Å². The Bertz CT molecular complexity index is 768. The van der Waals surface area contributed by atoms with Crippen molar-refractivity contribution < 1.29 is 9.53 Å². The highest BCUT2D eigenvalue weighted by molar-refractivity contribution is 7.13. The molecule has 0 amide bonds. The van der Waals surface area contributed by atoms with Crippen molar-refractivity contribution in [1.82, 2.24) is 4.98 Å². The van der Waals surface area contributed by atoms with Gasteiger partial charge in [-0.15, -0.1) is 22.7 Å². The molecule has 0 aliphatic heterocycles. The first-order valence-corrected chi connectivity index (χ1v) is 8.73. The lowest BCUT2D eigenvalue weighted by Gasteiger charge is -2.01. The van der Waals surface area contributed by atoms with Crippen molar-refractivity contribution >= 4 is 40.2 Å². The Balaban J connectivity index is 1.60. The Morgan fingerprint density at radius 3 is 2.82 bits per heavy atom. The van der Waals surface area contributed by atoms with Crippen LogP contribution in [0.3, 0.4) is 0 Å². The first kappa shape index (κ1) is 15.2. The van der Waals surface area contributed by atoms with E-state index in [9.17, 15) is 4.79 Å². The first-order chi connectivity index (χ1) is 10.7. The smallest absolute Gasteiger partial charge is 0.311 e. The van der Waals surface area contributed by atoms with Crippen molar-refractivity contribution in [3.05, 3.63) is 62.8 Å². The normalized spacial score (nSPS) is 10.6. The zero-order valence-corrected chi connectivity index (χ0v) is 13.9. The van der Waals surface area contributed by atoms with Crippen LogP contribution in [0.5, 0.6) is 0 Å². The quantitative estimate of drug-likeness (QED) is 0.620. The summed E-state index contributed by atoms with van der Waals surface area (Å²) in [5.74, 6) is -0.241. The minimum Gasteiger partial charge on any atom is -0.459 e. The summed E-state index contributed by atoms with van der Waals surface area (Å²) in [6.45, 7) is 0.186. The standard InChI is InChI=1S/C16H12ClNO2S2/c17-14-6-2-1-5-13(14)16-18-11(10-22-16)9-20-15(19)8-12-4-3-7-21-12/h1-7,10H,8-9H2. The highest BCUT2D eigenvalue weighted by atomic mass is 35.5. The number of halogens is 1. The molecule has 3 rings (SSSR count). The van der Waals surface area contributed by atoms with Gasteiger partial charge in [0.1, 0.15) is 11.6 Å². The van der Waals surface area contributed by atoms with E-state index < -0.39 is 0 Å². The van der Waals surface area contributed by atoms with Gasteiger partial charge < -0.3 is 4.74 Å². The minimum absolute atomic E-state index is 0.186. The predicted octanol–water partition coefficient (Wildman–Crippen LogP) is 4.81. The molecule has 3 nitrogen and oxygen atoms in total. The van der Waals surface area contributed by atoms with Crippen LogP contribution >= 0.6 is 34.3 Å². The third-order valence-corrected chi connectivity index (χ3v) is 5.07. The number of rotatable bonds is 5. The number of aromatic nitrogens is 1. The number of carbonyl (C=O) groups excluding carboxylic acids is 1. The zero-order valence-electron chi connectivity index (χ0n) is 11.5. The van der Waals surface area contributed by atoms with Crippen LogP contribution in [0.15, 0.2) is 47.2 Å². The Morgan fingerprint density at radius 1 is 1.18 bits per heavy atom. The summed E-state index contributed by atoms with van der Waals surface area (Å²) in [5.41, 5.74) is 1.63. The molecule has 0 saturated heterocycles. The summed E-state index contributed by atoms with van der Waals surface area (Å²) in [4.78, 5) is 17.2. The molecule has 0 fully saturated rings. The van der Waals surface area contributed by atoms with Gasteiger partial charge in [0.05, 0.1) is 17.1 Å². The number of hydrogen-bond donors (Lipinski definition) is 0. The molecule has 0 spiro atoms. The molecule has 0 unspecified atom stereocenters. The molecular formula is C16H12ClNO2S2. The lowest BCUT2D eigenvalue weighted by molar-refractivity contribution is -0.144. The molecule has 0 saturated carbocycles. The molecule has 0 radical (unpaired) electrons. The molecule has 22 heavy (non-hydrogen) atoms. The van der Waals surface area contributed by atoms with Gasteiger partial charge >= 0.3 is 5.97 Å². The zero-order chi connectivity index (χ0) is 15.4. The number of esters is 1. The number of ether oxygens (including phenoxy) is 1. The molecule has 2 aromatic heterocycles. The monoisotopic (exact) mass is 349 g/mol. The maximum atomic E-state index is 11.8. The molecule has 1 aromatic carbocycles. The van der Waals surface area contributed by atoms with E-state index in [-0.39, 0.29) is 12.6 Å². The average Bonchev–Trinajstić information content (AvgIpc) is 3.17. The third kappa shape index (κ3) is 3.74. The number of thiophene rings is 1. The fourth-order valence-corrected chi connectivity index (χ4v) is 3.71. The van der Waals surface area contributed by atoms with Gasteiger partial charge in [0.2, 0.25) is 0 Å². The molecule has 0 bridgehead atoms. The van der Waals surface area contributed by atoms with E-state index in [1.807, 2.05) is 47.2 Å². The second-order valence-corrected chi connectivity index (χ2v) is 6.84. The SMILES string of the molecule is O=C(Cc1cccs1)OCc1csc(-c2ccccc2Cl)n1. The van der Waals surface area contributed by atoms with Gasteiger partial charge in [-0.3, -0.25) is 4.79 Å². The van der Waals surface area contributed by atoms with Crippen LogP contribution in [-0.4, -0.2) is 11.0 Å². The topological polar surface area (TPSA) is 39.2 Å². The van der Waals surface area contributed by atoms with E-state index in [4.69, 9.17) is 16.3 Å². The second kappa shape index (κ2) is 7.05. The van der Waals surface area contributed by atoms with Crippen LogP contribution in [0, 0.1) is 0 Å². The van der Waals surface area contributed by atoms with Crippen LogP contribution in [0.2, 0.25) is 5.02 Å². The van der Waals surface area contributed by atoms with E-state index in [2.05, 4.69) is 4.98 Å². The maximum Gasteiger partial charge on any atom is 0.311 e. The predicted molar refractivity (Wildman–Crippen MR) is 90.4 cm³/mol. The van der Waals surface area contributed by atoms with Gasteiger partial charge in [-0.2, -0.15) is 0 Å². The van der Waals surface area contributed by atoms with Crippen LogP contribution in [-0.2, 0) is 22.6 Å². The molecule has 3 aromatic rings. The van der Waals surface area contributed by atoms with Crippen molar-refractivity contribution in [3.8, 4) is 10.6 Å². The molecule has 0 N–H and O–H groups in total. The van der Waals surface area contributed by atoms with E-state index in [1.54, 1.807) is 11.3 Å². The summed E-state index contributed by atoms with van der Waals surface area (Å²) in [5, 5.41) is 5.32. The number of benzene rings is 1. The fourth-order valence-electron chi connectivity index (χ4n) is 1.89. The molecule has 112 valence electrons. The Kier molecular flexibility index (Phi) is 4.87. The van der Waals surface area contributed by atoms with Gasteiger partial charge in [-0.1, -0.05) is 35.9 Å². The summed E-state index contributed by atoms with van der Waals surface area (Å²) >= 11 is 9.19. The molecule has 0 aliphatic rings. The Hall–Kier alpha value is -1.69. The van der Waals surface area contributed by atoms with E-state index in [1.165, 1.54) is 11.3 Å². The molecular weight excluding hydrogens is 338 g/mol. The summed E-state index contributed by atoms with van der Waals surface area (Å²) < 4.78 is 5.26. The van der Waals surface area contributed by atoms with Crippen LogP contribution in [0.25, 0.3) is 10.6 Å². The van der Waals surface area contributed by atoms with Gasteiger partial charge in [0, 0.05) is 15.8 Å². The highest BCUT2D eigenvalue weighted by Crippen LogP contribution is 2.30. The second-order valence-electron chi connectivity index (χ2n) is 4.54. The van der Waals surface area contributed by atoms with Crippen molar-refractivity contribution in [2.24, 2.45) is 0 Å². The lowest BCUT2D eigenvalue weighted by Crippen LogP contribution is -2.07. The van der Waals surface area contributed by atoms with Crippen molar-refractivity contribution in [3.63, 3.8) is 0 Å². The van der Waals surface area contributed by atoms with Crippen molar-refractivity contribution in [2.75, 3.05) is 0 Å². The van der Waals surface area contributed by atoms with Gasteiger partial charge in [-0.25, -0.2) is 4.98 Å². The average molecular weight is 350 g/mol. The summed E-state index contributed by atoms with van der Waals surface area (Å²) in [6.07, 6.45) is 0.305. The highest BCUT2D eigenvalue weighted by Gasteiger charge is 2.10. The number of hydrogen-bond acceptors (Lipinski definition) is 5. The lowest BCUT2D eigenvalue weighted by atomic mass is 10.2. The molecule has 6 heteroatoms. The van der Waals surface area contributed by atoms with E-state index in [0.29, 0.717) is 11.4 Å².